The summed E-state index contributed by atoms with van der Waals surface area (Å²) in [7, 11) is -1.76. The van der Waals surface area contributed by atoms with Crippen LogP contribution in [-0.2, 0) is 14.8 Å². The molecular formula is C15H23NO4S. The Morgan fingerprint density at radius 1 is 1.14 bits per heavy atom. The molecule has 1 aromatic rings. The Morgan fingerprint density at radius 3 is 2.33 bits per heavy atom. The lowest BCUT2D eigenvalue weighted by Crippen LogP contribution is -2.37. The van der Waals surface area contributed by atoms with Crippen LogP contribution in [0.2, 0.25) is 0 Å². The number of rotatable bonds is 6. The number of piperidine rings is 1. The lowest BCUT2D eigenvalue weighted by Gasteiger charge is -2.29. The molecule has 6 heteroatoms. The van der Waals surface area contributed by atoms with Crippen LogP contribution in [0.15, 0.2) is 29.2 Å². The molecule has 1 aliphatic rings. The maximum Gasteiger partial charge on any atom is 0.243 e. The van der Waals surface area contributed by atoms with Gasteiger partial charge in [-0.15, -0.1) is 0 Å². The van der Waals surface area contributed by atoms with Crippen molar-refractivity contribution >= 4 is 10.0 Å². The van der Waals surface area contributed by atoms with Crippen molar-refractivity contribution < 1.29 is 17.9 Å². The first-order chi connectivity index (χ1) is 10.0. The van der Waals surface area contributed by atoms with Gasteiger partial charge in [0.25, 0.3) is 0 Å². The minimum atomic E-state index is -3.37. The molecule has 0 aliphatic carbocycles. The molecule has 21 heavy (non-hydrogen) atoms. The Kier molecular flexibility index (Phi) is 5.61. The molecular weight excluding hydrogens is 290 g/mol. The summed E-state index contributed by atoms with van der Waals surface area (Å²) in [6.45, 7) is 4.33. The molecule has 0 radical (unpaired) electrons. The molecule has 118 valence electrons. The van der Waals surface area contributed by atoms with Gasteiger partial charge >= 0.3 is 0 Å². The highest BCUT2D eigenvalue weighted by Gasteiger charge is 2.27. The highest BCUT2D eigenvalue weighted by molar-refractivity contribution is 7.89. The Hall–Kier alpha value is -1.11. The second-order valence-corrected chi connectivity index (χ2v) is 7.34. The summed E-state index contributed by atoms with van der Waals surface area (Å²) in [5.74, 6) is 1.26. The SMILES string of the molecule is COCCOc1ccc(S(=O)(=O)N2CCC(C)CC2)cc1. The van der Waals surface area contributed by atoms with E-state index in [-0.39, 0.29) is 0 Å². The van der Waals surface area contributed by atoms with Crippen LogP contribution < -0.4 is 4.74 Å². The van der Waals surface area contributed by atoms with Crippen LogP contribution in [0.25, 0.3) is 0 Å². The summed E-state index contributed by atoms with van der Waals surface area (Å²) in [6, 6.07) is 6.59. The zero-order chi connectivity index (χ0) is 15.3. The maximum atomic E-state index is 12.5. The van der Waals surface area contributed by atoms with Crippen molar-refractivity contribution in [3.8, 4) is 5.75 Å². The average molecular weight is 313 g/mol. The summed E-state index contributed by atoms with van der Waals surface area (Å²) >= 11 is 0. The Morgan fingerprint density at radius 2 is 1.76 bits per heavy atom. The summed E-state index contributed by atoms with van der Waals surface area (Å²) in [5.41, 5.74) is 0. The quantitative estimate of drug-likeness (QED) is 0.755. The molecule has 0 N–H and O–H groups in total. The predicted octanol–water partition coefficient (Wildman–Crippen LogP) is 2.13. The van der Waals surface area contributed by atoms with Gasteiger partial charge in [0.2, 0.25) is 10.0 Å². The van der Waals surface area contributed by atoms with Gasteiger partial charge in [0.1, 0.15) is 12.4 Å². The summed E-state index contributed by atoms with van der Waals surface area (Å²) in [4.78, 5) is 0.330. The fourth-order valence-electron chi connectivity index (χ4n) is 2.33. The molecule has 0 spiro atoms. The maximum absolute atomic E-state index is 12.5. The second kappa shape index (κ2) is 7.24. The lowest BCUT2D eigenvalue weighted by atomic mass is 10.0. The number of sulfonamides is 1. The highest BCUT2D eigenvalue weighted by atomic mass is 32.2. The molecule has 5 nitrogen and oxygen atoms in total. The zero-order valence-electron chi connectivity index (χ0n) is 12.6. The van der Waals surface area contributed by atoms with Crippen molar-refractivity contribution in [2.45, 2.75) is 24.7 Å². The number of hydrogen-bond acceptors (Lipinski definition) is 4. The third-order valence-corrected chi connectivity index (χ3v) is 5.67. The molecule has 2 rings (SSSR count). The number of methoxy groups -OCH3 is 1. The van der Waals surface area contributed by atoms with E-state index in [1.807, 2.05) is 0 Å². The molecule has 1 heterocycles. The van der Waals surface area contributed by atoms with Crippen molar-refractivity contribution in [2.24, 2.45) is 5.92 Å². The van der Waals surface area contributed by atoms with Crippen molar-refractivity contribution in [1.82, 2.24) is 4.31 Å². The normalized spacial score (nSPS) is 17.8. The van der Waals surface area contributed by atoms with Crippen LogP contribution in [-0.4, -0.2) is 46.1 Å². The Bertz CT molecular complexity index is 533. The van der Waals surface area contributed by atoms with Gasteiger partial charge in [-0.05, 0) is 43.0 Å². The molecule has 0 unspecified atom stereocenters. The van der Waals surface area contributed by atoms with Crippen molar-refractivity contribution in [3.63, 3.8) is 0 Å². The molecule has 0 atom stereocenters. The third-order valence-electron chi connectivity index (χ3n) is 3.76. The van der Waals surface area contributed by atoms with Gasteiger partial charge in [-0.3, -0.25) is 0 Å². The van der Waals surface area contributed by atoms with Crippen LogP contribution in [0.5, 0.6) is 5.75 Å². The van der Waals surface area contributed by atoms with E-state index in [9.17, 15) is 8.42 Å². The van der Waals surface area contributed by atoms with Crippen LogP contribution >= 0.6 is 0 Å². The monoisotopic (exact) mass is 313 g/mol. The molecule has 1 fully saturated rings. The van der Waals surface area contributed by atoms with E-state index in [0.717, 1.165) is 12.8 Å². The van der Waals surface area contributed by atoms with Gasteiger partial charge in [-0.2, -0.15) is 4.31 Å². The topological polar surface area (TPSA) is 55.8 Å². The van der Waals surface area contributed by atoms with Crippen LogP contribution in [0.3, 0.4) is 0 Å². The highest BCUT2D eigenvalue weighted by Crippen LogP contribution is 2.24. The molecule has 1 aromatic carbocycles. The van der Waals surface area contributed by atoms with Crippen molar-refractivity contribution in [3.05, 3.63) is 24.3 Å². The van der Waals surface area contributed by atoms with E-state index in [2.05, 4.69) is 6.92 Å². The van der Waals surface area contributed by atoms with E-state index in [1.54, 1.807) is 35.7 Å². The molecule has 0 saturated carbocycles. The molecule has 1 aliphatic heterocycles. The predicted molar refractivity (Wildman–Crippen MR) is 81.0 cm³/mol. The summed E-state index contributed by atoms with van der Waals surface area (Å²) < 4.78 is 37.0. The standard InChI is InChI=1S/C15H23NO4S/c1-13-7-9-16(10-8-13)21(17,18)15-5-3-14(4-6-15)20-12-11-19-2/h3-6,13H,7-12H2,1-2H3. The number of benzene rings is 1. The zero-order valence-corrected chi connectivity index (χ0v) is 13.4. The Balaban J connectivity index is 2.03. The van der Waals surface area contributed by atoms with E-state index in [0.29, 0.717) is 42.9 Å². The fraction of sp³-hybridized carbons (Fsp3) is 0.600. The molecule has 0 aromatic heterocycles. The third kappa shape index (κ3) is 4.18. The van der Waals surface area contributed by atoms with Gasteiger partial charge in [-0.25, -0.2) is 8.42 Å². The van der Waals surface area contributed by atoms with E-state index >= 15 is 0 Å². The number of nitrogens with zero attached hydrogens (tertiary/aromatic N) is 1. The first-order valence-corrected chi connectivity index (χ1v) is 8.70. The summed E-state index contributed by atoms with van der Waals surface area (Å²) in [6.07, 6.45) is 1.86. The van der Waals surface area contributed by atoms with Crippen LogP contribution in [0.1, 0.15) is 19.8 Å². The first-order valence-electron chi connectivity index (χ1n) is 7.26. The van der Waals surface area contributed by atoms with Crippen molar-refractivity contribution in [1.29, 1.82) is 0 Å². The largest absolute Gasteiger partial charge is 0.491 e. The number of ether oxygens (including phenoxy) is 2. The van der Waals surface area contributed by atoms with E-state index in [4.69, 9.17) is 9.47 Å². The molecule has 0 bridgehead atoms. The van der Waals surface area contributed by atoms with E-state index in [1.165, 1.54) is 0 Å². The fourth-order valence-corrected chi connectivity index (χ4v) is 3.79. The van der Waals surface area contributed by atoms with E-state index < -0.39 is 10.0 Å². The van der Waals surface area contributed by atoms with Crippen molar-refractivity contribution in [2.75, 3.05) is 33.4 Å². The van der Waals surface area contributed by atoms with Crippen LogP contribution in [0, 0.1) is 5.92 Å². The second-order valence-electron chi connectivity index (χ2n) is 5.40. The lowest BCUT2D eigenvalue weighted by molar-refractivity contribution is 0.146. The smallest absolute Gasteiger partial charge is 0.243 e. The average Bonchev–Trinajstić information content (AvgIpc) is 2.48. The summed E-state index contributed by atoms with van der Waals surface area (Å²) in [5, 5.41) is 0. The van der Waals surface area contributed by atoms with Crippen LogP contribution in [0.4, 0.5) is 0 Å². The Labute approximate surface area is 126 Å². The number of hydrogen-bond donors (Lipinski definition) is 0. The van der Waals surface area contributed by atoms with Gasteiger partial charge in [-0.1, -0.05) is 6.92 Å². The van der Waals surface area contributed by atoms with Gasteiger partial charge in [0.05, 0.1) is 11.5 Å². The minimum absolute atomic E-state index is 0.330. The van der Waals surface area contributed by atoms with Gasteiger partial charge < -0.3 is 9.47 Å². The molecule has 1 saturated heterocycles. The van der Waals surface area contributed by atoms with Gasteiger partial charge in [0, 0.05) is 20.2 Å². The minimum Gasteiger partial charge on any atom is -0.491 e. The van der Waals surface area contributed by atoms with Gasteiger partial charge in [0.15, 0.2) is 0 Å². The first kappa shape index (κ1) is 16.3. The molecule has 0 amide bonds.